The Morgan fingerprint density at radius 1 is 0.875 bits per heavy atom. The summed E-state index contributed by atoms with van der Waals surface area (Å²) in [6, 6.07) is 23.3. The maximum atomic E-state index is 14.2. The van der Waals surface area contributed by atoms with Gasteiger partial charge in [-0.2, -0.15) is 14.6 Å². The van der Waals surface area contributed by atoms with Crippen LogP contribution in [-0.4, -0.2) is 28.0 Å². The van der Waals surface area contributed by atoms with Gasteiger partial charge in [0.2, 0.25) is 9.84 Å². The number of hydrogen-bond acceptors (Lipinski definition) is 6. The van der Waals surface area contributed by atoms with E-state index in [-0.39, 0.29) is 9.79 Å². The van der Waals surface area contributed by atoms with Gasteiger partial charge in [-0.05, 0) is 30.7 Å². The smallest absolute Gasteiger partial charge is 0.253 e. The van der Waals surface area contributed by atoms with Crippen molar-refractivity contribution in [1.29, 1.82) is 0 Å². The summed E-state index contributed by atoms with van der Waals surface area (Å²) in [6.07, 6.45) is 1.37. The van der Waals surface area contributed by atoms with Gasteiger partial charge in [0, 0.05) is 16.8 Å². The molecule has 0 saturated heterocycles. The van der Waals surface area contributed by atoms with E-state index in [9.17, 15) is 8.42 Å². The van der Waals surface area contributed by atoms with Crippen molar-refractivity contribution in [2.75, 3.05) is 5.73 Å². The van der Waals surface area contributed by atoms with E-state index >= 15 is 0 Å². The van der Waals surface area contributed by atoms with Crippen LogP contribution < -0.4 is 5.73 Å². The van der Waals surface area contributed by atoms with Crippen LogP contribution in [-0.2, 0) is 9.84 Å². The molecule has 2 aromatic heterocycles. The average molecular weight is 442 g/mol. The number of sulfone groups is 1. The Hall–Kier alpha value is -4.04. The van der Waals surface area contributed by atoms with Crippen LogP contribution in [0.15, 0.2) is 95.0 Å². The first-order valence-electron chi connectivity index (χ1n) is 9.92. The number of anilines is 1. The zero-order chi connectivity index (χ0) is 22.3. The number of nitrogens with zero attached hydrogens (tertiary/aromatic N) is 4. The molecular formula is C24H19N5O2S. The summed E-state index contributed by atoms with van der Waals surface area (Å²) < 4.78 is 29.8. The Balaban J connectivity index is 1.96. The van der Waals surface area contributed by atoms with Crippen LogP contribution in [0.3, 0.4) is 0 Å². The molecular weight excluding hydrogens is 422 g/mol. The van der Waals surface area contributed by atoms with E-state index < -0.39 is 9.84 Å². The van der Waals surface area contributed by atoms with Crippen LogP contribution in [0, 0.1) is 6.92 Å². The fourth-order valence-corrected chi connectivity index (χ4v) is 5.63. The third-order valence-electron chi connectivity index (χ3n) is 5.24. The van der Waals surface area contributed by atoms with Crippen molar-refractivity contribution >= 4 is 21.3 Å². The summed E-state index contributed by atoms with van der Waals surface area (Å²) in [5, 5.41) is 4.29. The fourth-order valence-electron chi connectivity index (χ4n) is 3.81. The topological polar surface area (TPSA) is 103 Å². The van der Waals surface area contributed by atoms with E-state index in [1.807, 2.05) is 60.7 Å². The first-order chi connectivity index (χ1) is 15.5. The van der Waals surface area contributed by atoms with Crippen LogP contribution in [0.1, 0.15) is 5.56 Å². The summed E-state index contributed by atoms with van der Waals surface area (Å²) in [7, 11) is -4.02. The summed E-state index contributed by atoms with van der Waals surface area (Å²) >= 11 is 0. The minimum absolute atomic E-state index is 0.0702. The zero-order valence-corrected chi connectivity index (χ0v) is 18.0. The molecule has 7 nitrogen and oxygen atoms in total. The number of aryl methyl sites for hydroxylation is 1. The molecule has 5 rings (SSSR count). The van der Waals surface area contributed by atoms with Gasteiger partial charge in [-0.15, -0.1) is 0 Å². The monoisotopic (exact) mass is 441 g/mol. The van der Waals surface area contributed by atoms with Crippen molar-refractivity contribution in [3.05, 3.63) is 90.8 Å². The Morgan fingerprint density at radius 3 is 2.19 bits per heavy atom. The Labute approximate surface area is 185 Å². The summed E-state index contributed by atoms with van der Waals surface area (Å²) in [5.41, 5.74) is 9.02. The highest BCUT2D eigenvalue weighted by Crippen LogP contribution is 2.39. The molecule has 0 aliphatic rings. The summed E-state index contributed by atoms with van der Waals surface area (Å²) in [6.45, 7) is 1.73. The number of aromatic nitrogens is 4. The van der Waals surface area contributed by atoms with Crippen LogP contribution >= 0.6 is 0 Å². The van der Waals surface area contributed by atoms with E-state index in [1.54, 1.807) is 19.1 Å². The number of hydrogen-bond donors (Lipinski definition) is 1. The molecule has 158 valence electrons. The third-order valence-corrected chi connectivity index (χ3v) is 7.20. The average Bonchev–Trinajstić information content (AvgIpc) is 3.27. The van der Waals surface area contributed by atoms with Gasteiger partial charge < -0.3 is 5.73 Å². The van der Waals surface area contributed by atoms with Gasteiger partial charge >= 0.3 is 0 Å². The van der Waals surface area contributed by atoms with Crippen LogP contribution in [0.2, 0.25) is 0 Å². The fraction of sp³-hybridized carbons (Fsp3) is 0.0417. The highest BCUT2D eigenvalue weighted by atomic mass is 32.2. The lowest BCUT2D eigenvalue weighted by atomic mass is 10.1. The zero-order valence-electron chi connectivity index (χ0n) is 17.2. The molecule has 0 aliphatic heterocycles. The van der Waals surface area contributed by atoms with Gasteiger partial charge in [-0.25, -0.2) is 13.4 Å². The van der Waals surface area contributed by atoms with Crippen molar-refractivity contribution < 1.29 is 8.42 Å². The second kappa shape index (κ2) is 7.58. The standard InChI is InChI=1S/C24H19N5O2S/c1-16-14-19(25)12-13-20(16)32(30,31)23-21(17-8-4-2-5-9-17)28-24-26-15-27-29(24)22(23)18-10-6-3-7-11-18/h2-15H,25H2,1H3. The van der Waals surface area contributed by atoms with Crippen molar-refractivity contribution in [1.82, 2.24) is 19.6 Å². The molecule has 0 saturated carbocycles. The third kappa shape index (κ3) is 3.21. The first kappa shape index (κ1) is 19.9. The molecule has 0 radical (unpaired) electrons. The van der Waals surface area contributed by atoms with E-state index in [1.165, 1.54) is 16.9 Å². The maximum absolute atomic E-state index is 14.2. The largest absolute Gasteiger partial charge is 0.399 e. The predicted molar refractivity (Wildman–Crippen MR) is 123 cm³/mol. The van der Waals surface area contributed by atoms with Crippen LogP contribution in [0.25, 0.3) is 28.3 Å². The number of benzene rings is 3. The Bertz CT molecular complexity index is 1550. The van der Waals surface area contributed by atoms with E-state index in [4.69, 9.17) is 5.73 Å². The highest BCUT2D eigenvalue weighted by Gasteiger charge is 2.31. The van der Waals surface area contributed by atoms with Gasteiger partial charge in [-0.1, -0.05) is 60.7 Å². The molecule has 0 spiro atoms. The van der Waals surface area contributed by atoms with E-state index in [0.29, 0.717) is 39.5 Å². The minimum atomic E-state index is -4.02. The second-order valence-electron chi connectivity index (χ2n) is 7.37. The van der Waals surface area contributed by atoms with Gasteiger partial charge in [0.1, 0.15) is 11.2 Å². The molecule has 0 fully saturated rings. The van der Waals surface area contributed by atoms with Gasteiger partial charge in [0.05, 0.1) is 16.3 Å². The second-order valence-corrected chi connectivity index (χ2v) is 9.23. The molecule has 8 heteroatoms. The lowest BCUT2D eigenvalue weighted by Crippen LogP contribution is -2.13. The van der Waals surface area contributed by atoms with Gasteiger partial charge in [0.15, 0.2) is 0 Å². The minimum Gasteiger partial charge on any atom is -0.399 e. The maximum Gasteiger partial charge on any atom is 0.253 e. The van der Waals surface area contributed by atoms with E-state index in [0.717, 1.165) is 0 Å². The molecule has 0 unspecified atom stereocenters. The summed E-state index contributed by atoms with van der Waals surface area (Å²) in [4.78, 5) is 9.10. The molecule has 2 heterocycles. The molecule has 0 atom stereocenters. The molecule has 0 bridgehead atoms. The molecule has 3 aromatic carbocycles. The van der Waals surface area contributed by atoms with Crippen molar-refractivity contribution in [2.24, 2.45) is 0 Å². The SMILES string of the molecule is Cc1cc(N)ccc1S(=O)(=O)c1c(-c2ccccc2)nc2ncnn2c1-c1ccccc1. The van der Waals surface area contributed by atoms with Gasteiger partial charge in [0.25, 0.3) is 5.78 Å². The number of nitrogen functional groups attached to an aromatic ring is 1. The molecule has 0 aliphatic carbocycles. The lowest BCUT2D eigenvalue weighted by Gasteiger charge is -2.17. The lowest BCUT2D eigenvalue weighted by molar-refractivity contribution is 0.595. The quantitative estimate of drug-likeness (QED) is 0.420. The van der Waals surface area contributed by atoms with Gasteiger partial charge in [-0.3, -0.25) is 0 Å². The Morgan fingerprint density at radius 2 is 1.53 bits per heavy atom. The van der Waals surface area contributed by atoms with E-state index in [2.05, 4.69) is 15.1 Å². The molecule has 0 amide bonds. The normalized spacial score (nSPS) is 11.7. The molecule has 2 N–H and O–H groups in total. The first-order valence-corrected chi connectivity index (χ1v) is 11.4. The van der Waals surface area contributed by atoms with Crippen LogP contribution in [0.5, 0.6) is 0 Å². The summed E-state index contributed by atoms with van der Waals surface area (Å²) in [5.74, 6) is 0.315. The molecule has 32 heavy (non-hydrogen) atoms. The van der Waals surface area contributed by atoms with Crippen molar-refractivity contribution in [3.63, 3.8) is 0 Å². The highest BCUT2D eigenvalue weighted by molar-refractivity contribution is 7.91. The number of rotatable bonds is 4. The Kier molecular flexibility index (Phi) is 4.71. The van der Waals surface area contributed by atoms with Crippen molar-refractivity contribution in [3.8, 4) is 22.5 Å². The van der Waals surface area contributed by atoms with Crippen molar-refractivity contribution in [2.45, 2.75) is 16.7 Å². The predicted octanol–water partition coefficient (Wildman–Crippen LogP) is 4.18. The number of nitrogens with two attached hydrogens (primary N) is 1. The molecule has 5 aromatic rings. The number of fused-ring (bicyclic) bond motifs is 1. The van der Waals surface area contributed by atoms with Crippen LogP contribution in [0.4, 0.5) is 5.69 Å².